The molecule has 0 radical (unpaired) electrons. The highest BCUT2D eigenvalue weighted by molar-refractivity contribution is 5.80. The zero-order valence-corrected chi connectivity index (χ0v) is 15.7. The monoisotopic (exact) mass is 366 g/mol. The predicted octanol–water partition coefficient (Wildman–Crippen LogP) is 5.37. The van der Waals surface area contributed by atoms with E-state index in [1.54, 1.807) is 0 Å². The number of fused-ring (bicyclic) bond motifs is 2. The molecule has 5 rings (SSSR count). The third kappa shape index (κ3) is 3.49. The molecular weight excluding hydrogens is 344 g/mol. The Bertz CT molecular complexity index is 1080. The summed E-state index contributed by atoms with van der Waals surface area (Å²) in [6, 6.07) is 31.5. The minimum absolute atomic E-state index is 0.0418. The van der Waals surface area contributed by atoms with Crippen molar-refractivity contribution in [2.75, 3.05) is 6.54 Å². The summed E-state index contributed by atoms with van der Waals surface area (Å²) in [6.07, 6.45) is -0.0418. The molecular formula is C25H22N2O. The van der Waals surface area contributed by atoms with Crippen LogP contribution in [0.3, 0.4) is 0 Å². The van der Waals surface area contributed by atoms with Crippen LogP contribution in [-0.2, 0) is 13.1 Å². The van der Waals surface area contributed by atoms with Crippen molar-refractivity contribution in [1.82, 2.24) is 9.88 Å². The number of aromatic nitrogens is 1. The molecule has 1 aliphatic heterocycles. The van der Waals surface area contributed by atoms with E-state index in [0.717, 1.165) is 42.0 Å². The van der Waals surface area contributed by atoms with Gasteiger partial charge in [0.15, 0.2) is 0 Å². The lowest BCUT2D eigenvalue weighted by Gasteiger charge is -2.24. The molecule has 4 aromatic rings. The molecule has 0 amide bonds. The predicted molar refractivity (Wildman–Crippen MR) is 112 cm³/mol. The van der Waals surface area contributed by atoms with Gasteiger partial charge in [0.1, 0.15) is 6.10 Å². The molecule has 1 aliphatic rings. The third-order valence-electron chi connectivity index (χ3n) is 5.26. The van der Waals surface area contributed by atoms with Crippen molar-refractivity contribution in [2.24, 2.45) is 0 Å². The van der Waals surface area contributed by atoms with E-state index in [4.69, 9.17) is 9.72 Å². The van der Waals surface area contributed by atoms with E-state index in [-0.39, 0.29) is 6.10 Å². The van der Waals surface area contributed by atoms with Gasteiger partial charge in [-0.05, 0) is 23.3 Å². The zero-order valence-electron chi connectivity index (χ0n) is 15.7. The van der Waals surface area contributed by atoms with Crippen LogP contribution in [-0.4, -0.2) is 16.4 Å². The summed E-state index contributed by atoms with van der Waals surface area (Å²) in [7, 11) is 0. The van der Waals surface area contributed by atoms with Crippen LogP contribution < -0.4 is 4.74 Å². The quantitative estimate of drug-likeness (QED) is 0.487. The number of hydrogen-bond donors (Lipinski definition) is 0. The second kappa shape index (κ2) is 7.45. The van der Waals surface area contributed by atoms with E-state index in [0.29, 0.717) is 0 Å². The average molecular weight is 366 g/mol. The lowest BCUT2D eigenvalue weighted by molar-refractivity contribution is 0.140. The third-order valence-corrected chi connectivity index (χ3v) is 5.26. The van der Waals surface area contributed by atoms with Crippen molar-refractivity contribution in [1.29, 1.82) is 0 Å². The number of pyridine rings is 1. The minimum atomic E-state index is -0.0418. The highest BCUT2D eigenvalue weighted by atomic mass is 16.5. The van der Waals surface area contributed by atoms with Crippen LogP contribution in [0.5, 0.6) is 5.88 Å². The maximum Gasteiger partial charge on any atom is 0.219 e. The molecule has 1 atom stereocenters. The summed E-state index contributed by atoms with van der Waals surface area (Å²) in [6.45, 7) is 2.54. The topological polar surface area (TPSA) is 25.4 Å². The van der Waals surface area contributed by atoms with Gasteiger partial charge in [0.25, 0.3) is 0 Å². The Balaban J connectivity index is 1.55. The van der Waals surface area contributed by atoms with Crippen molar-refractivity contribution in [2.45, 2.75) is 19.2 Å². The molecule has 0 bridgehead atoms. The zero-order chi connectivity index (χ0) is 18.8. The van der Waals surface area contributed by atoms with Crippen LogP contribution in [0.25, 0.3) is 10.9 Å². The Kier molecular flexibility index (Phi) is 4.51. The van der Waals surface area contributed by atoms with E-state index in [2.05, 4.69) is 77.7 Å². The highest BCUT2D eigenvalue weighted by Crippen LogP contribution is 2.32. The standard InChI is InChI=1S/C25H22N2O/c1-3-9-19(10-4-1)16-27-17-22-15-21-13-7-8-14-23(21)26-25(22)28-24(18-27)20-11-5-2-6-12-20/h1-15,24H,16-18H2/t24-/m1/s1. The van der Waals surface area contributed by atoms with Crippen molar-refractivity contribution in [3.8, 4) is 5.88 Å². The fourth-order valence-electron chi connectivity index (χ4n) is 3.87. The first kappa shape index (κ1) is 17.0. The molecule has 0 fully saturated rings. The molecule has 0 saturated carbocycles. The van der Waals surface area contributed by atoms with E-state index < -0.39 is 0 Å². The van der Waals surface area contributed by atoms with Crippen LogP contribution in [0.2, 0.25) is 0 Å². The lowest BCUT2D eigenvalue weighted by Crippen LogP contribution is -2.27. The summed E-state index contributed by atoms with van der Waals surface area (Å²) in [4.78, 5) is 7.30. The second-order valence-corrected chi connectivity index (χ2v) is 7.32. The maximum atomic E-state index is 6.47. The second-order valence-electron chi connectivity index (χ2n) is 7.32. The van der Waals surface area contributed by atoms with E-state index in [1.165, 1.54) is 11.1 Å². The van der Waals surface area contributed by atoms with Gasteiger partial charge in [0.2, 0.25) is 5.88 Å². The number of hydrogen-bond acceptors (Lipinski definition) is 3. The largest absolute Gasteiger partial charge is 0.468 e. The van der Waals surface area contributed by atoms with Gasteiger partial charge >= 0.3 is 0 Å². The van der Waals surface area contributed by atoms with Gasteiger partial charge in [-0.1, -0.05) is 78.9 Å². The van der Waals surface area contributed by atoms with Crippen molar-refractivity contribution < 1.29 is 4.74 Å². The average Bonchev–Trinajstić information content (AvgIpc) is 2.92. The molecule has 0 unspecified atom stereocenters. The van der Waals surface area contributed by atoms with Crippen LogP contribution in [0.4, 0.5) is 0 Å². The van der Waals surface area contributed by atoms with E-state index in [1.807, 2.05) is 18.2 Å². The van der Waals surface area contributed by atoms with E-state index >= 15 is 0 Å². The fourth-order valence-corrected chi connectivity index (χ4v) is 3.87. The van der Waals surface area contributed by atoms with E-state index in [9.17, 15) is 0 Å². The summed E-state index contributed by atoms with van der Waals surface area (Å²) < 4.78 is 6.47. The molecule has 0 aliphatic carbocycles. The highest BCUT2D eigenvalue weighted by Gasteiger charge is 2.25. The van der Waals surface area contributed by atoms with Gasteiger partial charge in [-0.15, -0.1) is 0 Å². The molecule has 0 saturated heterocycles. The van der Waals surface area contributed by atoms with Crippen LogP contribution in [0, 0.1) is 0 Å². The van der Waals surface area contributed by atoms with Gasteiger partial charge in [-0.25, -0.2) is 4.98 Å². The minimum Gasteiger partial charge on any atom is -0.468 e. The SMILES string of the molecule is c1ccc(CN2Cc3cc4ccccc4nc3O[C@@H](c3ccccc3)C2)cc1. The molecule has 2 heterocycles. The van der Waals surface area contributed by atoms with Crippen LogP contribution in [0.1, 0.15) is 22.8 Å². The molecule has 3 heteroatoms. The molecule has 0 spiro atoms. The summed E-state index contributed by atoms with van der Waals surface area (Å²) in [5, 5.41) is 1.16. The summed E-state index contributed by atoms with van der Waals surface area (Å²) in [5.41, 5.74) is 4.62. The first-order valence-corrected chi connectivity index (χ1v) is 9.72. The lowest BCUT2D eigenvalue weighted by atomic mass is 10.1. The van der Waals surface area contributed by atoms with Gasteiger partial charge in [0.05, 0.1) is 5.52 Å². The van der Waals surface area contributed by atoms with Gasteiger partial charge in [0, 0.05) is 30.6 Å². The number of ether oxygens (including phenoxy) is 1. The Morgan fingerprint density at radius 1 is 0.857 bits per heavy atom. The molecule has 1 aromatic heterocycles. The molecule has 138 valence electrons. The molecule has 0 N–H and O–H groups in total. The van der Waals surface area contributed by atoms with Crippen molar-refractivity contribution in [3.05, 3.63) is 108 Å². The maximum absolute atomic E-state index is 6.47. The van der Waals surface area contributed by atoms with Crippen molar-refractivity contribution >= 4 is 10.9 Å². The number of benzene rings is 3. The normalized spacial score (nSPS) is 16.9. The first-order valence-electron chi connectivity index (χ1n) is 9.72. The number of rotatable bonds is 3. The molecule has 28 heavy (non-hydrogen) atoms. The molecule has 3 nitrogen and oxygen atoms in total. The molecule has 3 aromatic carbocycles. The van der Waals surface area contributed by atoms with Crippen molar-refractivity contribution in [3.63, 3.8) is 0 Å². The van der Waals surface area contributed by atoms with Gasteiger partial charge < -0.3 is 4.74 Å². The summed E-state index contributed by atoms with van der Waals surface area (Å²) in [5.74, 6) is 0.753. The summed E-state index contributed by atoms with van der Waals surface area (Å²) >= 11 is 0. The number of para-hydroxylation sites is 1. The Morgan fingerprint density at radius 3 is 2.39 bits per heavy atom. The fraction of sp³-hybridized carbons (Fsp3) is 0.160. The van der Waals surface area contributed by atoms with Gasteiger partial charge in [-0.2, -0.15) is 0 Å². The van der Waals surface area contributed by atoms with Gasteiger partial charge in [-0.3, -0.25) is 4.90 Å². The Morgan fingerprint density at radius 2 is 1.57 bits per heavy atom. The van der Waals surface area contributed by atoms with Crippen LogP contribution >= 0.6 is 0 Å². The smallest absolute Gasteiger partial charge is 0.219 e. The Labute approximate surface area is 165 Å². The van der Waals surface area contributed by atoms with Crippen LogP contribution in [0.15, 0.2) is 91.0 Å². The number of nitrogens with zero attached hydrogens (tertiary/aromatic N) is 2. The first-order chi connectivity index (χ1) is 13.8. The Hall–Kier alpha value is -3.17.